The van der Waals surface area contributed by atoms with E-state index in [1.54, 1.807) is 13.1 Å². The van der Waals surface area contributed by atoms with Crippen LogP contribution >= 0.6 is 0 Å². The second-order valence-electron chi connectivity index (χ2n) is 5.89. The number of hydrogen-bond donors (Lipinski definition) is 0. The summed E-state index contributed by atoms with van der Waals surface area (Å²) in [4.78, 5) is 32.7. The SMILES string of the molecule is C/C=C/CN1C(=O)C2C(=Nc3n(C/C=C/C)c(C)c[n+]32)N(C)C1=O. The quantitative estimate of drug-likeness (QED) is 0.624. The summed E-state index contributed by atoms with van der Waals surface area (Å²) in [5.41, 5.74) is 1.03. The fourth-order valence-corrected chi connectivity index (χ4v) is 3.05. The maximum absolute atomic E-state index is 12.9. The highest BCUT2D eigenvalue weighted by Crippen LogP contribution is 2.29. The first-order valence-corrected chi connectivity index (χ1v) is 8.02. The van der Waals surface area contributed by atoms with Crippen molar-refractivity contribution in [2.45, 2.75) is 33.4 Å². The molecule has 24 heavy (non-hydrogen) atoms. The molecular formula is C17H22N5O2+. The van der Waals surface area contributed by atoms with Gasteiger partial charge in [0.25, 0.3) is 5.91 Å². The smallest absolute Gasteiger partial charge is 0.270 e. The summed E-state index contributed by atoms with van der Waals surface area (Å²) in [6.45, 7) is 6.78. The summed E-state index contributed by atoms with van der Waals surface area (Å²) in [6.07, 6.45) is 9.57. The molecule has 1 unspecified atom stereocenters. The minimum absolute atomic E-state index is 0.234. The summed E-state index contributed by atoms with van der Waals surface area (Å²) in [6, 6.07) is -0.908. The highest BCUT2D eigenvalue weighted by atomic mass is 16.2. The van der Waals surface area contributed by atoms with E-state index in [1.165, 1.54) is 9.80 Å². The Bertz CT molecular complexity index is 787. The Labute approximate surface area is 141 Å². The zero-order chi connectivity index (χ0) is 17.4. The number of likely N-dealkylation sites (N-methyl/N-ethyl adjacent to an activating group) is 1. The molecular weight excluding hydrogens is 306 g/mol. The number of carbonyl (C=O) groups is 2. The van der Waals surface area contributed by atoms with Gasteiger partial charge >= 0.3 is 12.0 Å². The fraction of sp³-hybridized carbons (Fsp3) is 0.412. The van der Waals surface area contributed by atoms with Crippen molar-refractivity contribution in [1.82, 2.24) is 14.4 Å². The maximum Gasteiger partial charge on any atom is 0.402 e. The Balaban J connectivity index is 2.05. The van der Waals surface area contributed by atoms with Gasteiger partial charge in [-0.25, -0.2) is 13.9 Å². The number of imidazole rings is 1. The number of imide groups is 1. The van der Waals surface area contributed by atoms with Gasteiger partial charge < -0.3 is 0 Å². The number of nitrogens with zero attached hydrogens (tertiary/aromatic N) is 5. The van der Waals surface area contributed by atoms with Crippen LogP contribution in [0.4, 0.5) is 10.7 Å². The number of fused-ring (bicyclic) bond motifs is 3. The molecule has 0 saturated carbocycles. The number of aromatic nitrogens is 2. The molecule has 126 valence electrons. The van der Waals surface area contributed by atoms with Gasteiger partial charge in [-0.3, -0.25) is 14.6 Å². The molecule has 0 bridgehead atoms. The van der Waals surface area contributed by atoms with Crippen LogP contribution in [0.1, 0.15) is 25.6 Å². The first-order chi connectivity index (χ1) is 11.5. The molecule has 1 atom stereocenters. The van der Waals surface area contributed by atoms with E-state index in [9.17, 15) is 9.59 Å². The predicted octanol–water partition coefficient (Wildman–Crippen LogP) is 1.71. The number of urea groups is 1. The summed E-state index contributed by atoms with van der Waals surface area (Å²) in [7, 11) is 1.67. The van der Waals surface area contributed by atoms with E-state index < -0.39 is 6.04 Å². The van der Waals surface area contributed by atoms with Crippen LogP contribution in [0, 0.1) is 6.92 Å². The van der Waals surface area contributed by atoms with E-state index in [4.69, 9.17) is 0 Å². The van der Waals surface area contributed by atoms with Gasteiger partial charge in [-0.2, -0.15) is 0 Å². The van der Waals surface area contributed by atoms with Crippen molar-refractivity contribution >= 4 is 23.7 Å². The molecule has 3 heterocycles. The van der Waals surface area contributed by atoms with Crippen molar-refractivity contribution in [1.29, 1.82) is 0 Å². The molecule has 1 fully saturated rings. The predicted molar refractivity (Wildman–Crippen MR) is 90.0 cm³/mol. The Morgan fingerprint density at radius 3 is 2.54 bits per heavy atom. The van der Waals surface area contributed by atoms with E-state index in [-0.39, 0.29) is 18.5 Å². The topological polar surface area (TPSA) is 61.8 Å². The largest absolute Gasteiger partial charge is 0.402 e. The third kappa shape index (κ3) is 2.28. The maximum atomic E-state index is 12.9. The first-order valence-electron chi connectivity index (χ1n) is 8.02. The number of rotatable bonds is 4. The standard InChI is InChI=1S/C17H22N5O2/c1-5-7-9-20-12(3)11-22-13-14(18-16(20)22)19(4)17(24)21(15(13)23)10-8-6-2/h5-8,11,13H,9-10H2,1-4H3/q+1/b7-5+,8-6+. The molecule has 0 spiro atoms. The second-order valence-corrected chi connectivity index (χ2v) is 5.89. The summed E-state index contributed by atoms with van der Waals surface area (Å²) < 4.78 is 3.90. The molecule has 2 aliphatic rings. The number of amidine groups is 1. The minimum Gasteiger partial charge on any atom is -0.270 e. The van der Waals surface area contributed by atoms with Crippen molar-refractivity contribution in [2.75, 3.05) is 13.6 Å². The number of carbonyl (C=O) groups excluding carboxylic acids is 2. The molecule has 1 aromatic heterocycles. The van der Waals surface area contributed by atoms with Crippen LogP contribution in [0.5, 0.6) is 0 Å². The highest BCUT2D eigenvalue weighted by molar-refractivity contribution is 6.19. The monoisotopic (exact) mass is 328 g/mol. The van der Waals surface area contributed by atoms with Gasteiger partial charge in [0.1, 0.15) is 11.9 Å². The number of hydrogen-bond acceptors (Lipinski definition) is 3. The molecule has 1 aromatic rings. The van der Waals surface area contributed by atoms with Crippen LogP contribution in [0.3, 0.4) is 0 Å². The summed E-state index contributed by atoms with van der Waals surface area (Å²) in [5, 5.41) is 0. The molecule has 7 heteroatoms. The Kier molecular flexibility index (Phi) is 4.09. The molecule has 0 aliphatic carbocycles. The third-order valence-electron chi connectivity index (χ3n) is 4.37. The molecule has 2 aliphatic heterocycles. The van der Waals surface area contributed by atoms with Gasteiger partial charge in [0.05, 0.1) is 6.54 Å². The lowest BCUT2D eigenvalue weighted by Crippen LogP contribution is -2.62. The van der Waals surface area contributed by atoms with Gasteiger partial charge in [-0.15, -0.1) is 0 Å². The number of amides is 3. The van der Waals surface area contributed by atoms with E-state index in [0.29, 0.717) is 18.3 Å². The van der Waals surface area contributed by atoms with Crippen LogP contribution < -0.4 is 4.57 Å². The molecule has 1 saturated heterocycles. The average Bonchev–Trinajstić information content (AvgIpc) is 3.06. The summed E-state index contributed by atoms with van der Waals surface area (Å²) in [5.74, 6) is 0.958. The van der Waals surface area contributed by atoms with E-state index in [2.05, 4.69) is 4.99 Å². The van der Waals surface area contributed by atoms with Gasteiger partial charge in [0, 0.05) is 13.6 Å². The molecule has 3 amide bonds. The van der Waals surface area contributed by atoms with E-state index >= 15 is 0 Å². The van der Waals surface area contributed by atoms with Crippen LogP contribution in [0.2, 0.25) is 0 Å². The second kappa shape index (κ2) is 6.07. The number of aliphatic imine (C=N–C) groups is 1. The lowest BCUT2D eigenvalue weighted by molar-refractivity contribution is -0.677. The van der Waals surface area contributed by atoms with Crippen molar-refractivity contribution in [3.8, 4) is 0 Å². The van der Waals surface area contributed by atoms with Crippen molar-refractivity contribution in [3.63, 3.8) is 0 Å². The van der Waals surface area contributed by atoms with E-state index in [0.717, 1.165) is 5.69 Å². The Hall–Kier alpha value is -2.70. The molecule has 0 aromatic carbocycles. The van der Waals surface area contributed by atoms with Gasteiger partial charge in [-0.05, 0) is 20.8 Å². The molecule has 0 radical (unpaired) electrons. The Morgan fingerprint density at radius 1 is 1.21 bits per heavy atom. The molecule has 0 N–H and O–H groups in total. The lowest BCUT2D eigenvalue weighted by Gasteiger charge is -2.32. The minimum atomic E-state index is -0.571. The van der Waals surface area contributed by atoms with Gasteiger partial charge in [0.2, 0.25) is 11.9 Å². The summed E-state index contributed by atoms with van der Waals surface area (Å²) >= 11 is 0. The Morgan fingerprint density at radius 2 is 1.88 bits per heavy atom. The van der Waals surface area contributed by atoms with Crippen LogP contribution in [0.25, 0.3) is 0 Å². The van der Waals surface area contributed by atoms with Crippen LogP contribution in [-0.2, 0) is 11.3 Å². The number of allylic oxidation sites excluding steroid dienone is 3. The average molecular weight is 328 g/mol. The van der Waals surface area contributed by atoms with Crippen molar-refractivity contribution in [3.05, 3.63) is 36.2 Å². The lowest BCUT2D eigenvalue weighted by atomic mass is 10.1. The van der Waals surface area contributed by atoms with Crippen molar-refractivity contribution < 1.29 is 14.2 Å². The normalized spacial score (nSPS) is 20.3. The fourth-order valence-electron chi connectivity index (χ4n) is 3.05. The third-order valence-corrected chi connectivity index (χ3v) is 4.37. The van der Waals surface area contributed by atoms with E-state index in [1.807, 2.05) is 54.3 Å². The van der Waals surface area contributed by atoms with Crippen LogP contribution in [-0.4, -0.2) is 45.7 Å². The van der Waals surface area contributed by atoms with Gasteiger partial charge in [0.15, 0.2) is 0 Å². The zero-order valence-electron chi connectivity index (χ0n) is 14.4. The first kappa shape index (κ1) is 16.2. The van der Waals surface area contributed by atoms with Gasteiger partial charge in [-0.1, -0.05) is 29.3 Å². The molecule has 3 rings (SSSR count). The number of aryl methyl sites for hydroxylation is 1. The molecule has 7 nitrogen and oxygen atoms in total. The zero-order valence-corrected chi connectivity index (χ0v) is 14.4. The van der Waals surface area contributed by atoms with Crippen LogP contribution in [0.15, 0.2) is 35.5 Å². The highest BCUT2D eigenvalue weighted by Gasteiger charge is 2.52. The van der Waals surface area contributed by atoms with Crippen molar-refractivity contribution in [2.24, 2.45) is 4.99 Å².